The third-order valence-corrected chi connectivity index (χ3v) is 4.22. The van der Waals surface area contributed by atoms with Gasteiger partial charge in [-0.3, -0.25) is 9.59 Å². The second kappa shape index (κ2) is 7.89. The van der Waals surface area contributed by atoms with Crippen molar-refractivity contribution in [2.45, 2.75) is 25.8 Å². The predicted molar refractivity (Wildman–Crippen MR) is 92.0 cm³/mol. The lowest BCUT2D eigenvalue weighted by Gasteiger charge is -2.21. The zero-order chi connectivity index (χ0) is 17.6. The molecule has 1 fully saturated rings. The minimum absolute atomic E-state index is 0.00309. The van der Waals surface area contributed by atoms with Gasteiger partial charge in [0.15, 0.2) is 0 Å². The molecule has 25 heavy (non-hydrogen) atoms. The number of hydrogen-bond acceptors (Lipinski definition) is 5. The fourth-order valence-corrected chi connectivity index (χ4v) is 2.63. The quantitative estimate of drug-likeness (QED) is 0.863. The van der Waals surface area contributed by atoms with Crippen molar-refractivity contribution in [3.63, 3.8) is 0 Å². The number of carbonyl (C=O) groups is 2. The maximum Gasteiger partial charge on any atom is 0.249 e. The minimum Gasteiger partial charge on any atom is -0.381 e. The smallest absolute Gasteiger partial charge is 0.249 e. The Hall–Kier alpha value is -2.74. The summed E-state index contributed by atoms with van der Waals surface area (Å²) >= 11 is 0. The van der Waals surface area contributed by atoms with Crippen molar-refractivity contribution in [1.29, 1.82) is 0 Å². The van der Waals surface area contributed by atoms with Gasteiger partial charge in [-0.25, -0.2) is 9.67 Å². The van der Waals surface area contributed by atoms with Crippen molar-refractivity contribution in [2.24, 2.45) is 5.92 Å². The van der Waals surface area contributed by atoms with E-state index in [0.717, 1.165) is 12.8 Å². The Morgan fingerprint density at radius 1 is 1.16 bits per heavy atom. The van der Waals surface area contributed by atoms with Crippen molar-refractivity contribution in [1.82, 2.24) is 14.8 Å². The Morgan fingerprint density at radius 2 is 1.80 bits per heavy atom. The van der Waals surface area contributed by atoms with Crippen LogP contribution in [-0.2, 0) is 14.3 Å². The SMILES string of the molecule is C[C@H](C(=O)Nc1ccc(NC(=O)C2CCOCC2)cc1)n1cncn1. The van der Waals surface area contributed by atoms with E-state index in [2.05, 4.69) is 20.7 Å². The molecule has 0 bridgehead atoms. The first kappa shape index (κ1) is 17.1. The van der Waals surface area contributed by atoms with Gasteiger partial charge in [-0.05, 0) is 44.0 Å². The van der Waals surface area contributed by atoms with Crippen LogP contribution in [0.25, 0.3) is 0 Å². The summed E-state index contributed by atoms with van der Waals surface area (Å²) in [6, 6.07) is 6.59. The molecule has 1 aromatic carbocycles. The van der Waals surface area contributed by atoms with E-state index in [1.54, 1.807) is 31.2 Å². The van der Waals surface area contributed by atoms with E-state index < -0.39 is 6.04 Å². The summed E-state index contributed by atoms with van der Waals surface area (Å²) in [5, 5.41) is 9.68. The highest BCUT2D eigenvalue weighted by molar-refractivity contribution is 5.95. The van der Waals surface area contributed by atoms with Crippen LogP contribution in [0.15, 0.2) is 36.9 Å². The fourth-order valence-electron chi connectivity index (χ4n) is 2.63. The molecule has 132 valence electrons. The van der Waals surface area contributed by atoms with Crippen molar-refractivity contribution >= 4 is 23.2 Å². The molecule has 0 radical (unpaired) electrons. The molecule has 3 rings (SSSR count). The van der Waals surface area contributed by atoms with Crippen molar-refractivity contribution in [3.05, 3.63) is 36.9 Å². The van der Waals surface area contributed by atoms with Crippen LogP contribution in [0.5, 0.6) is 0 Å². The van der Waals surface area contributed by atoms with Crippen LogP contribution in [0.2, 0.25) is 0 Å². The van der Waals surface area contributed by atoms with Gasteiger partial charge < -0.3 is 15.4 Å². The Balaban J connectivity index is 1.55. The number of rotatable bonds is 5. The molecular formula is C17H21N5O3. The molecule has 2 aromatic rings. The van der Waals surface area contributed by atoms with E-state index in [1.807, 2.05) is 0 Å². The van der Waals surface area contributed by atoms with Crippen LogP contribution in [0, 0.1) is 5.92 Å². The lowest BCUT2D eigenvalue weighted by atomic mass is 9.99. The Morgan fingerprint density at radius 3 is 2.40 bits per heavy atom. The molecule has 2 heterocycles. The molecule has 0 spiro atoms. The number of anilines is 2. The minimum atomic E-state index is -0.463. The largest absolute Gasteiger partial charge is 0.381 e. The first-order chi connectivity index (χ1) is 12.1. The van der Waals surface area contributed by atoms with Gasteiger partial charge in [0.25, 0.3) is 0 Å². The Bertz CT molecular complexity index is 708. The molecule has 1 aliphatic heterocycles. The normalized spacial score (nSPS) is 16.2. The van der Waals surface area contributed by atoms with Crippen LogP contribution in [0.4, 0.5) is 11.4 Å². The highest BCUT2D eigenvalue weighted by atomic mass is 16.5. The lowest BCUT2D eigenvalue weighted by molar-refractivity contribution is -0.122. The summed E-state index contributed by atoms with van der Waals surface area (Å²) in [5.74, 6) is -0.180. The third kappa shape index (κ3) is 4.42. The number of nitrogens with one attached hydrogen (secondary N) is 2. The number of nitrogens with zero attached hydrogens (tertiary/aromatic N) is 3. The van der Waals surface area contributed by atoms with E-state index in [-0.39, 0.29) is 17.7 Å². The van der Waals surface area contributed by atoms with E-state index in [9.17, 15) is 9.59 Å². The maximum absolute atomic E-state index is 12.2. The standard InChI is InChI=1S/C17H21N5O3/c1-12(22-11-18-10-19-22)16(23)20-14-2-4-15(5-3-14)21-17(24)13-6-8-25-9-7-13/h2-5,10-13H,6-9H2,1H3,(H,20,23)(H,21,24)/t12-/m1/s1. The fraction of sp³-hybridized carbons (Fsp3) is 0.412. The van der Waals surface area contributed by atoms with Crippen molar-refractivity contribution in [3.8, 4) is 0 Å². The lowest BCUT2D eigenvalue weighted by Crippen LogP contribution is -2.28. The molecule has 8 nitrogen and oxygen atoms in total. The summed E-state index contributed by atoms with van der Waals surface area (Å²) in [4.78, 5) is 28.2. The van der Waals surface area contributed by atoms with Gasteiger partial charge in [-0.15, -0.1) is 0 Å². The van der Waals surface area contributed by atoms with Gasteiger partial charge in [0, 0.05) is 30.5 Å². The number of aromatic nitrogens is 3. The zero-order valence-electron chi connectivity index (χ0n) is 14.0. The predicted octanol–water partition coefficient (Wildman–Crippen LogP) is 1.84. The number of ether oxygens (including phenoxy) is 1. The second-order valence-corrected chi connectivity index (χ2v) is 5.99. The molecule has 0 aliphatic carbocycles. The molecule has 8 heteroatoms. The van der Waals surface area contributed by atoms with Crippen LogP contribution < -0.4 is 10.6 Å². The van der Waals surface area contributed by atoms with Crippen LogP contribution in [-0.4, -0.2) is 39.8 Å². The van der Waals surface area contributed by atoms with E-state index in [4.69, 9.17) is 4.74 Å². The number of benzene rings is 1. The van der Waals surface area contributed by atoms with E-state index in [0.29, 0.717) is 24.6 Å². The highest BCUT2D eigenvalue weighted by Crippen LogP contribution is 2.19. The van der Waals surface area contributed by atoms with Gasteiger partial charge >= 0.3 is 0 Å². The summed E-state index contributed by atoms with van der Waals surface area (Å²) in [5.41, 5.74) is 1.36. The molecule has 2 amide bonds. The first-order valence-corrected chi connectivity index (χ1v) is 8.27. The van der Waals surface area contributed by atoms with E-state index in [1.165, 1.54) is 17.3 Å². The number of carbonyl (C=O) groups excluding carboxylic acids is 2. The average molecular weight is 343 g/mol. The molecule has 1 saturated heterocycles. The number of amides is 2. The van der Waals surface area contributed by atoms with Gasteiger partial charge in [0.2, 0.25) is 11.8 Å². The molecule has 1 aromatic heterocycles. The molecule has 1 aliphatic rings. The third-order valence-electron chi connectivity index (χ3n) is 4.22. The van der Waals surface area contributed by atoms with Crippen molar-refractivity contribution < 1.29 is 14.3 Å². The Labute approximate surface area is 145 Å². The summed E-state index contributed by atoms with van der Waals surface area (Å²) in [6.07, 6.45) is 4.39. The summed E-state index contributed by atoms with van der Waals surface area (Å²) < 4.78 is 6.75. The second-order valence-electron chi connectivity index (χ2n) is 5.99. The van der Waals surface area contributed by atoms with Gasteiger partial charge in [0.1, 0.15) is 18.7 Å². The first-order valence-electron chi connectivity index (χ1n) is 8.27. The molecule has 1 atom stereocenters. The molecular weight excluding hydrogens is 322 g/mol. The van der Waals surface area contributed by atoms with Gasteiger partial charge in [-0.2, -0.15) is 5.10 Å². The van der Waals surface area contributed by atoms with Gasteiger partial charge in [-0.1, -0.05) is 0 Å². The van der Waals surface area contributed by atoms with Crippen LogP contribution in [0.3, 0.4) is 0 Å². The highest BCUT2D eigenvalue weighted by Gasteiger charge is 2.21. The summed E-state index contributed by atoms with van der Waals surface area (Å²) in [7, 11) is 0. The van der Waals surface area contributed by atoms with E-state index >= 15 is 0 Å². The molecule has 2 N–H and O–H groups in total. The van der Waals surface area contributed by atoms with Crippen LogP contribution in [0.1, 0.15) is 25.8 Å². The number of hydrogen-bond donors (Lipinski definition) is 2. The van der Waals surface area contributed by atoms with Crippen molar-refractivity contribution in [2.75, 3.05) is 23.8 Å². The zero-order valence-corrected chi connectivity index (χ0v) is 14.0. The molecule has 0 saturated carbocycles. The Kier molecular flexibility index (Phi) is 5.39. The van der Waals surface area contributed by atoms with Crippen LogP contribution >= 0.6 is 0 Å². The monoisotopic (exact) mass is 343 g/mol. The topological polar surface area (TPSA) is 98.1 Å². The summed E-state index contributed by atoms with van der Waals surface area (Å²) in [6.45, 7) is 3.01. The maximum atomic E-state index is 12.2. The average Bonchev–Trinajstić information content (AvgIpc) is 3.18. The van der Waals surface area contributed by atoms with Gasteiger partial charge in [0.05, 0.1) is 0 Å². The molecule has 0 unspecified atom stereocenters.